The number of rotatable bonds is 5. The van der Waals surface area contributed by atoms with Gasteiger partial charge in [-0.2, -0.15) is 0 Å². The molecule has 1 aromatic carbocycles. The minimum absolute atomic E-state index is 0.115. The molecule has 21 heavy (non-hydrogen) atoms. The van der Waals surface area contributed by atoms with Gasteiger partial charge in [0.15, 0.2) is 0 Å². The van der Waals surface area contributed by atoms with Gasteiger partial charge in [0.25, 0.3) is 0 Å². The van der Waals surface area contributed by atoms with Crippen LogP contribution in [0.1, 0.15) is 12.0 Å². The van der Waals surface area contributed by atoms with Crippen molar-refractivity contribution < 1.29 is 4.39 Å². The minimum Gasteiger partial charge on any atom is -0.304 e. The fourth-order valence-electron chi connectivity index (χ4n) is 2.85. The molecule has 1 fully saturated rings. The van der Waals surface area contributed by atoms with Gasteiger partial charge >= 0.3 is 0 Å². The Labute approximate surface area is 131 Å². The maximum atomic E-state index is 13.5. The summed E-state index contributed by atoms with van der Waals surface area (Å²) in [6.45, 7) is 3.19. The molecule has 0 aliphatic carbocycles. The van der Waals surface area contributed by atoms with E-state index in [1.807, 2.05) is 6.07 Å². The molecule has 6 heteroatoms. The number of nitrogens with zero attached hydrogens (tertiary/aromatic N) is 2. The first-order chi connectivity index (χ1) is 9.99. The monoisotopic (exact) mass is 314 g/mol. The SMILES string of the molecule is CN1CCN(C)C(CC(Cc2ccc(Cl)c(F)c2)NN)C1. The van der Waals surface area contributed by atoms with E-state index in [1.165, 1.54) is 6.07 Å². The van der Waals surface area contributed by atoms with Crippen LogP contribution in [0, 0.1) is 5.82 Å². The summed E-state index contributed by atoms with van der Waals surface area (Å²) < 4.78 is 13.5. The first kappa shape index (κ1) is 16.6. The van der Waals surface area contributed by atoms with E-state index in [1.54, 1.807) is 6.07 Å². The summed E-state index contributed by atoms with van der Waals surface area (Å²) in [6.07, 6.45) is 1.63. The number of hydrazine groups is 1. The lowest BCUT2D eigenvalue weighted by Gasteiger charge is -2.39. The largest absolute Gasteiger partial charge is 0.304 e. The lowest BCUT2D eigenvalue weighted by atomic mass is 9.98. The highest BCUT2D eigenvalue weighted by molar-refractivity contribution is 6.30. The van der Waals surface area contributed by atoms with Crippen LogP contribution < -0.4 is 11.3 Å². The van der Waals surface area contributed by atoms with E-state index in [-0.39, 0.29) is 16.9 Å². The van der Waals surface area contributed by atoms with Crippen LogP contribution in [0.15, 0.2) is 18.2 Å². The van der Waals surface area contributed by atoms with Gasteiger partial charge in [0, 0.05) is 31.7 Å². The Morgan fingerprint density at radius 2 is 2.19 bits per heavy atom. The van der Waals surface area contributed by atoms with Gasteiger partial charge in [0.2, 0.25) is 0 Å². The van der Waals surface area contributed by atoms with Crippen LogP contribution in [0.5, 0.6) is 0 Å². The second-order valence-corrected chi connectivity index (χ2v) is 6.36. The van der Waals surface area contributed by atoms with Crippen molar-refractivity contribution in [2.24, 2.45) is 5.84 Å². The first-order valence-electron chi connectivity index (χ1n) is 7.28. The first-order valence-corrected chi connectivity index (χ1v) is 7.66. The molecule has 1 heterocycles. The Hall–Kier alpha value is -0.720. The van der Waals surface area contributed by atoms with E-state index < -0.39 is 0 Å². The number of likely N-dealkylation sites (N-methyl/N-ethyl adjacent to an activating group) is 2. The second kappa shape index (κ2) is 7.51. The van der Waals surface area contributed by atoms with Crippen molar-refractivity contribution in [2.45, 2.75) is 24.9 Å². The second-order valence-electron chi connectivity index (χ2n) is 5.95. The number of halogens is 2. The molecule has 1 aliphatic heterocycles. The maximum Gasteiger partial charge on any atom is 0.142 e. The van der Waals surface area contributed by atoms with Crippen LogP contribution in [0.2, 0.25) is 5.02 Å². The van der Waals surface area contributed by atoms with Crippen LogP contribution in [0.4, 0.5) is 4.39 Å². The van der Waals surface area contributed by atoms with Crippen molar-refractivity contribution in [2.75, 3.05) is 33.7 Å². The number of nitrogens with two attached hydrogens (primary N) is 1. The lowest BCUT2D eigenvalue weighted by molar-refractivity contribution is 0.101. The van der Waals surface area contributed by atoms with Crippen molar-refractivity contribution >= 4 is 11.6 Å². The van der Waals surface area contributed by atoms with Crippen molar-refractivity contribution in [3.63, 3.8) is 0 Å². The van der Waals surface area contributed by atoms with Gasteiger partial charge in [-0.3, -0.25) is 11.3 Å². The highest BCUT2D eigenvalue weighted by Crippen LogP contribution is 2.18. The molecule has 1 aliphatic rings. The van der Waals surface area contributed by atoms with Crippen LogP contribution in [-0.4, -0.2) is 55.6 Å². The molecule has 118 valence electrons. The molecule has 0 saturated carbocycles. The predicted octanol–water partition coefficient (Wildman–Crippen LogP) is 1.49. The van der Waals surface area contributed by atoms with Gasteiger partial charge in [-0.15, -0.1) is 0 Å². The molecule has 4 nitrogen and oxygen atoms in total. The minimum atomic E-state index is -0.376. The molecule has 2 atom stereocenters. The summed E-state index contributed by atoms with van der Waals surface area (Å²) in [7, 11) is 4.28. The Balaban J connectivity index is 1.97. The third-order valence-electron chi connectivity index (χ3n) is 4.24. The Morgan fingerprint density at radius 3 is 2.86 bits per heavy atom. The van der Waals surface area contributed by atoms with Gasteiger partial charge in [-0.05, 0) is 44.6 Å². The van der Waals surface area contributed by atoms with Gasteiger partial charge in [-0.25, -0.2) is 4.39 Å². The fraction of sp³-hybridized carbons (Fsp3) is 0.600. The van der Waals surface area contributed by atoms with E-state index in [9.17, 15) is 4.39 Å². The van der Waals surface area contributed by atoms with Crippen molar-refractivity contribution in [3.05, 3.63) is 34.6 Å². The molecule has 1 saturated heterocycles. The summed E-state index contributed by atoms with van der Waals surface area (Å²) in [5.41, 5.74) is 3.78. The number of piperazine rings is 1. The lowest BCUT2D eigenvalue weighted by Crippen LogP contribution is -2.53. The molecule has 0 spiro atoms. The molecule has 0 radical (unpaired) electrons. The van der Waals surface area contributed by atoms with Crippen molar-refractivity contribution in [3.8, 4) is 0 Å². The van der Waals surface area contributed by atoms with Gasteiger partial charge in [0.05, 0.1) is 5.02 Å². The normalized spacial score (nSPS) is 22.4. The number of nitrogens with one attached hydrogen (secondary N) is 1. The topological polar surface area (TPSA) is 44.5 Å². The third kappa shape index (κ3) is 4.63. The molecular formula is C15H24ClFN4. The van der Waals surface area contributed by atoms with E-state index in [0.717, 1.165) is 31.6 Å². The highest BCUT2D eigenvalue weighted by Gasteiger charge is 2.25. The molecule has 0 aromatic heterocycles. The summed E-state index contributed by atoms with van der Waals surface area (Å²) in [4.78, 5) is 4.70. The summed E-state index contributed by atoms with van der Waals surface area (Å²) >= 11 is 5.71. The fourth-order valence-corrected chi connectivity index (χ4v) is 2.96. The van der Waals surface area contributed by atoms with Gasteiger partial charge in [-0.1, -0.05) is 17.7 Å². The Morgan fingerprint density at radius 1 is 1.43 bits per heavy atom. The van der Waals surface area contributed by atoms with E-state index in [4.69, 9.17) is 17.4 Å². The van der Waals surface area contributed by atoms with Gasteiger partial charge < -0.3 is 9.80 Å². The van der Waals surface area contributed by atoms with E-state index in [0.29, 0.717) is 12.5 Å². The molecule has 3 N–H and O–H groups in total. The average Bonchev–Trinajstić information content (AvgIpc) is 2.46. The highest BCUT2D eigenvalue weighted by atomic mass is 35.5. The van der Waals surface area contributed by atoms with Crippen LogP contribution in [0.25, 0.3) is 0 Å². The Kier molecular flexibility index (Phi) is 5.96. The van der Waals surface area contributed by atoms with Crippen molar-refractivity contribution in [1.29, 1.82) is 0 Å². The van der Waals surface area contributed by atoms with E-state index in [2.05, 4.69) is 29.3 Å². The third-order valence-corrected chi connectivity index (χ3v) is 4.55. The van der Waals surface area contributed by atoms with Crippen molar-refractivity contribution in [1.82, 2.24) is 15.2 Å². The number of hydrogen-bond donors (Lipinski definition) is 2. The van der Waals surface area contributed by atoms with E-state index >= 15 is 0 Å². The molecule has 0 bridgehead atoms. The molecule has 1 aromatic rings. The van der Waals surface area contributed by atoms with Gasteiger partial charge in [0.1, 0.15) is 5.82 Å². The van der Waals surface area contributed by atoms with Crippen LogP contribution in [0.3, 0.4) is 0 Å². The number of benzene rings is 1. The van der Waals surface area contributed by atoms with Crippen LogP contribution in [-0.2, 0) is 6.42 Å². The smallest absolute Gasteiger partial charge is 0.142 e. The molecule has 2 rings (SSSR count). The predicted molar refractivity (Wildman–Crippen MR) is 84.8 cm³/mol. The summed E-state index contributed by atoms with van der Waals surface area (Å²) in [6, 6.07) is 5.52. The molecule has 2 unspecified atom stereocenters. The summed E-state index contributed by atoms with van der Waals surface area (Å²) in [5.74, 6) is 5.31. The zero-order valence-electron chi connectivity index (χ0n) is 12.6. The number of hydrogen-bond acceptors (Lipinski definition) is 4. The zero-order chi connectivity index (χ0) is 15.4. The summed E-state index contributed by atoms with van der Waals surface area (Å²) in [5, 5.41) is 0.157. The molecular weight excluding hydrogens is 291 g/mol. The quantitative estimate of drug-likeness (QED) is 0.638. The van der Waals surface area contributed by atoms with Crippen LogP contribution >= 0.6 is 11.6 Å². The molecule has 0 amide bonds. The zero-order valence-corrected chi connectivity index (χ0v) is 13.4. The standard InChI is InChI=1S/C15H24ClFN4/c1-20-5-6-21(2)13(10-20)9-12(19-18)7-11-3-4-14(16)15(17)8-11/h3-4,8,12-13,19H,5-7,9-10,18H2,1-2H3. The Bertz CT molecular complexity index is 471. The average molecular weight is 315 g/mol. The maximum absolute atomic E-state index is 13.5.